The fourth-order valence-corrected chi connectivity index (χ4v) is 4.35. The Bertz CT molecular complexity index is 1480. The number of benzene rings is 1. The number of aryl methyl sites for hydroxylation is 2. The van der Waals surface area contributed by atoms with E-state index in [0.29, 0.717) is 55.2 Å². The molecule has 1 saturated heterocycles. The van der Waals surface area contributed by atoms with E-state index in [1.807, 2.05) is 0 Å². The van der Waals surface area contributed by atoms with Gasteiger partial charge in [-0.05, 0) is 37.1 Å². The molecule has 3 aromatic rings. The summed E-state index contributed by atoms with van der Waals surface area (Å²) in [4.78, 5) is 57.6. The van der Waals surface area contributed by atoms with Crippen LogP contribution in [-0.2, 0) is 30.1 Å². The molecule has 1 N–H and O–H groups in total. The molecular formula is C25H30N6O6. The molecule has 0 spiro atoms. The maximum absolute atomic E-state index is 12.9. The van der Waals surface area contributed by atoms with Gasteiger partial charge in [0.2, 0.25) is 5.91 Å². The summed E-state index contributed by atoms with van der Waals surface area (Å²) in [6, 6.07) is 5.29. The molecule has 4 rings (SSSR count). The van der Waals surface area contributed by atoms with E-state index in [2.05, 4.69) is 9.97 Å². The Morgan fingerprint density at radius 2 is 1.84 bits per heavy atom. The number of carbonyl (C=O) groups excluding carboxylic acids is 2. The molecule has 0 saturated carbocycles. The zero-order chi connectivity index (χ0) is 26.7. The van der Waals surface area contributed by atoms with Gasteiger partial charge in [0.1, 0.15) is 22.8 Å². The van der Waals surface area contributed by atoms with Crippen molar-refractivity contribution in [3.63, 3.8) is 0 Å². The first-order valence-electron chi connectivity index (χ1n) is 11.9. The lowest BCUT2D eigenvalue weighted by Gasteiger charge is -2.27. The number of H-pyrrole nitrogens is 1. The Balaban J connectivity index is 1.39. The molecule has 196 valence electrons. The highest BCUT2D eigenvalue weighted by atomic mass is 16.5. The van der Waals surface area contributed by atoms with E-state index < -0.39 is 11.2 Å². The third-order valence-corrected chi connectivity index (χ3v) is 6.36. The number of carbonyl (C=O) groups is 2. The molecule has 12 heteroatoms. The van der Waals surface area contributed by atoms with Gasteiger partial charge < -0.3 is 14.5 Å². The lowest BCUT2D eigenvalue weighted by atomic mass is 10.1. The molecule has 1 aliphatic heterocycles. The molecule has 2 amide bonds. The average molecular weight is 511 g/mol. The largest absolute Gasteiger partial charge is 0.497 e. The summed E-state index contributed by atoms with van der Waals surface area (Å²) in [6.45, 7) is 0.911. The first-order valence-corrected chi connectivity index (χ1v) is 11.9. The summed E-state index contributed by atoms with van der Waals surface area (Å²) in [7, 11) is 6.07. The minimum atomic E-state index is -0.455. The maximum atomic E-state index is 12.9. The highest BCUT2D eigenvalue weighted by Gasteiger charge is 2.29. The van der Waals surface area contributed by atoms with Crippen LogP contribution in [0.4, 0.5) is 0 Å². The molecule has 3 heterocycles. The maximum Gasteiger partial charge on any atom is 0.332 e. The van der Waals surface area contributed by atoms with Crippen molar-refractivity contribution < 1.29 is 19.1 Å². The number of aromatic nitrogens is 4. The number of aromatic amines is 1. The molecule has 0 unspecified atom stereocenters. The molecule has 0 radical (unpaired) electrons. The van der Waals surface area contributed by atoms with Gasteiger partial charge in [0, 0.05) is 51.7 Å². The first kappa shape index (κ1) is 25.7. The van der Waals surface area contributed by atoms with Gasteiger partial charge >= 0.3 is 5.69 Å². The zero-order valence-electron chi connectivity index (χ0n) is 21.3. The summed E-state index contributed by atoms with van der Waals surface area (Å²) in [5.41, 5.74) is 0.319. The normalized spacial score (nSPS) is 13.6. The van der Waals surface area contributed by atoms with Crippen LogP contribution in [-0.4, -0.2) is 68.2 Å². The van der Waals surface area contributed by atoms with Gasteiger partial charge in [0.05, 0.1) is 14.2 Å². The van der Waals surface area contributed by atoms with Gasteiger partial charge in [-0.2, -0.15) is 0 Å². The van der Waals surface area contributed by atoms with E-state index in [1.165, 1.54) is 27.7 Å². The number of nitrogens with one attached hydrogen (secondary N) is 1. The standard InChI is InChI=1S/C25H30N6O6/c1-28-23-22(24(34)29(2)25(28)35)26-19(27-23)7-5-8-20(32)30-13-6-14-31(30)21(33)12-9-16-15-17(36-3)10-11-18(16)37-4/h9-12,15H,5-8,13-14H2,1-4H3,(H,26,27). The Hall–Kier alpha value is -4.35. The number of ether oxygens (including phenoxy) is 2. The van der Waals surface area contributed by atoms with E-state index in [4.69, 9.17) is 9.47 Å². The number of methoxy groups -OCH3 is 2. The van der Waals surface area contributed by atoms with E-state index in [9.17, 15) is 19.2 Å². The number of hydrogen-bond acceptors (Lipinski definition) is 7. The summed E-state index contributed by atoms with van der Waals surface area (Å²) in [5, 5.41) is 2.93. The van der Waals surface area contributed by atoms with Crippen molar-refractivity contribution >= 4 is 29.1 Å². The molecule has 0 atom stereocenters. The second-order valence-corrected chi connectivity index (χ2v) is 8.71. The Kier molecular flexibility index (Phi) is 7.46. The van der Waals surface area contributed by atoms with Crippen LogP contribution in [0.3, 0.4) is 0 Å². The van der Waals surface area contributed by atoms with Crippen LogP contribution in [0.25, 0.3) is 17.2 Å². The van der Waals surface area contributed by atoms with Crippen molar-refractivity contribution in [3.8, 4) is 11.5 Å². The van der Waals surface area contributed by atoms with Crippen LogP contribution in [0.5, 0.6) is 11.5 Å². The average Bonchev–Trinajstić information content (AvgIpc) is 3.57. The number of imidazole rings is 1. The van der Waals surface area contributed by atoms with Gasteiger partial charge in [-0.1, -0.05) is 0 Å². The summed E-state index contributed by atoms with van der Waals surface area (Å²) < 4.78 is 12.9. The number of nitrogens with zero attached hydrogens (tertiary/aromatic N) is 5. The minimum absolute atomic E-state index is 0.169. The molecule has 1 aromatic carbocycles. The second-order valence-electron chi connectivity index (χ2n) is 8.71. The van der Waals surface area contributed by atoms with Crippen molar-refractivity contribution in [2.24, 2.45) is 14.1 Å². The lowest BCUT2D eigenvalue weighted by Crippen LogP contribution is -2.44. The summed E-state index contributed by atoms with van der Waals surface area (Å²) in [5.74, 6) is 1.29. The fraction of sp³-hybridized carbons (Fsp3) is 0.400. The topological polar surface area (TPSA) is 132 Å². The van der Waals surface area contributed by atoms with Crippen molar-refractivity contribution in [2.45, 2.75) is 25.7 Å². The monoisotopic (exact) mass is 510 g/mol. The van der Waals surface area contributed by atoms with Crippen LogP contribution in [0.1, 0.15) is 30.7 Å². The van der Waals surface area contributed by atoms with Gasteiger partial charge in [-0.3, -0.25) is 28.5 Å². The number of amides is 2. The molecule has 1 aliphatic rings. The van der Waals surface area contributed by atoms with E-state index >= 15 is 0 Å². The number of hydrogen-bond donors (Lipinski definition) is 1. The fourth-order valence-electron chi connectivity index (χ4n) is 4.35. The molecule has 12 nitrogen and oxygen atoms in total. The molecule has 1 fully saturated rings. The highest BCUT2D eigenvalue weighted by Crippen LogP contribution is 2.25. The zero-order valence-corrected chi connectivity index (χ0v) is 21.3. The van der Waals surface area contributed by atoms with Gasteiger partial charge in [-0.25, -0.2) is 14.8 Å². The van der Waals surface area contributed by atoms with E-state index in [0.717, 1.165) is 4.57 Å². The Labute approximate surface area is 212 Å². The van der Waals surface area contributed by atoms with Gasteiger partial charge in [-0.15, -0.1) is 0 Å². The highest BCUT2D eigenvalue weighted by molar-refractivity contribution is 5.94. The van der Waals surface area contributed by atoms with Crippen molar-refractivity contribution in [1.29, 1.82) is 0 Å². The van der Waals surface area contributed by atoms with Gasteiger partial charge in [0.15, 0.2) is 5.65 Å². The lowest BCUT2D eigenvalue weighted by molar-refractivity contribution is -0.154. The third kappa shape index (κ3) is 5.13. The van der Waals surface area contributed by atoms with Crippen molar-refractivity contribution in [1.82, 2.24) is 29.1 Å². The number of rotatable bonds is 8. The van der Waals surface area contributed by atoms with E-state index in [-0.39, 0.29) is 29.4 Å². The molecular weight excluding hydrogens is 480 g/mol. The first-order chi connectivity index (χ1) is 17.7. The van der Waals surface area contributed by atoms with Crippen LogP contribution < -0.4 is 20.7 Å². The second kappa shape index (κ2) is 10.7. The predicted molar refractivity (Wildman–Crippen MR) is 136 cm³/mol. The van der Waals surface area contributed by atoms with Crippen LogP contribution in [0.15, 0.2) is 33.9 Å². The molecule has 2 aromatic heterocycles. The predicted octanol–water partition coefficient (Wildman–Crippen LogP) is 0.990. The summed E-state index contributed by atoms with van der Waals surface area (Å²) in [6.07, 6.45) is 4.82. The third-order valence-electron chi connectivity index (χ3n) is 6.36. The summed E-state index contributed by atoms with van der Waals surface area (Å²) >= 11 is 0. The van der Waals surface area contributed by atoms with Crippen molar-refractivity contribution in [2.75, 3.05) is 27.3 Å². The van der Waals surface area contributed by atoms with Gasteiger partial charge in [0.25, 0.3) is 11.5 Å². The Morgan fingerprint density at radius 1 is 1.08 bits per heavy atom. The van der Waals surface area contributed by atoms with Crippen LogP contribution in [0, 0.1) is 0 Å². The smallest absolute Gasteiger partial charge is 0.332 e. The number of hydrazine groups is 1. The van der Waals surface area contributed by atoms with Crippen LogP contribution >= 0.6 is 0 Å². The quantitative estimate of drug-likeness (QED) is 0.447. The molecule has 0 bridgehead atoms. The Morgan fingerprint density at radius 3 is 2.57 bits per heavy atom. The SMILES string of the molecule is COc1ccc(OC)c(C=CC(=O)N2CCCN2C(=O)CCCc2nc3c([nH]2)c(=O)n(C)c(=O)n3C)c1. The van der Waals surface area contributed by atoms with Crippen LogP contribution in [0.2, 0.25) is 0 Å². The van der Waals surface area contributed by atoms with Crippen molar-refractivity contribution in [3.05, 3.63) is 56.5 Å². The molecule has 0 aliphatic carbocycles. The molecule has 37 heavy (non-hydrogen) atoms. The minimum Gasteiger partial charge on any atom is -0.497 e. The number of fused-ring (bicyclic) bond motifs is 1. The van der Waals surface area contributed by atoms with E-state index in [1.54, 1.807) is 45.5 Å².